The van der Waals surface area contributed by atoms with Gasteiger partial charge in [0.2, 0.25) is 0 Å². The molecule has 1 aliphatic carbocycles. The summed E-state index contributed by atoms with van der Waals surface area (Å²) in [6.07, 6.45) is 6.45. The highest BCUT2D eigenvalue weighted by atomic mass is 32.1. The van der Waals surface area contributed by atoms with Gasteiger partial charge in [-0.05, 0) is 66.1 Å². The number of aromatic nitrogens is 3. The third-order valence-electron chi connectivity index (χ3n) is 6.21. The third-order valence-corrected chi connectivity index (χ3v) is 7.03. The molecular formula is C28H21N3O3S. The Kier molecular flexibility index (Phi) is 5.47. The second kappa shape index (κ2) is 8.92. The molecule has 0 saturated heterocycles. The number of ether oxygens (including phenoxy) is 1. The number of rotatable bonds is 4. The predicted octanol–water partition coefficient (Wildman–Crippen LogP) is 5.54. The Bertz CT molecular complexity index is 1670. The number of para-hydroxylation sites is 1. The summed E-state index contributed by atoms with van der Waals surface area (Å²) in [5.41, 5.74) is 4.97. The minimum absolute atomic E-state index is 0.0806. The van der Waals surface area contributed by atoms with Crippen LogP contribution in [0.25, 0.3) is 28.2 Å². The van der Waals surface area contributed by atoms with Gasteiger partial charge in [-0.15, -0.1) is 11.3 Å². The van der Waals surface area contributed by atoms with Crippen LogP contribution in [-0.4, -0.2) is 20.3 Å². The number of allylic oxidation sites excluding steroid dienone is 1. The number of benzene rings is 1. The molecule has 172 valence electrons. The summed E-state index contributed by atoms with van der Waals surface area (Å²) in [5.74, 6) is -0.424. The van der Waals surface area contributed by atoms with Crippen molar-refractivity contribution in [1.82, 2.24) is 14.4 Å². The van der Waals surface area contributed by atoms with Gasteiger partial charge in [-0.3, -0.25) is 9.20 Å². The molecule has 6 rings (SSSR count). The van der Waals surface area contributed by atoms with E-state index in [0.717, 1.165) is 47.0 Å². The first-order valence-electron chi connectivity index (χ1n) is 11.5. The van der Waals surface area contributed by atoms with Crippen LogP contribution in [0, 0.1) is 0 Å². The SMILES string of the molecule is O=C(OCc1cc(=O)n2ccccc2n1)c1c2c(nc3ccccc13)/C(=C/c1cccs1)CCC2. The summed E-state index contributed by atoms with van der Waals surface area (Å²) >= 11 is 1.68. The van der Waals surface area contributed by atoms with Gasteiger partial charge in [-0.1, -0.05) is 30.3 Å². The Morgan fingerprint density at radius 3 is 2.83 bits per heavy atom. The van der Waals surface area contributed by atoms with Crippen LogP contribution in [0.1, 0.15) is 45.0 Å². The van der Waals surface area contributed by atoms with Gasteiger partial charge < -0.3 is 4.74 Å². The van der Waals surface area contributed by atoms with Crippen LogP contribution in [-0.2, 0) is 17.8 Å². The largest absolute Gasteiger partial charge is 0.456 e. The fourth-order valence-corrected chi connectivity index (χ4v) is 5.32. The molecular weight excluding hydrogens is 458 g/mol. The van der Waals surface area contributed by atoms with E-state index in [1.807, 2.05) is 36.4 Å². The molecule has 0 unspecified atom stereocenters. The standard InChI is InChI=1S/C28H21N3O3S/c32-25-16-19(29-24-12-3-4-13-31(24)25)17-34-28(33)26-21-9-1-2-11-23(21)30-27-18(7-5-10-22(26)27)15-20-8-6-14-35-20/h1-4,6,8-9,11-16H,5,7,10,17H2/b18-15+. The lowest BCUT2D eigenvalue weighted by Crippen LogP contribution is -2.18. The second-order valence-corrected chi connectivity index (χ2v) is 9.44. The lowest BCUT2D eigenvalue weighted by atomic mass is 9.86. The van der Waals surface area contributed by atoms with E-state index in [2.05, 4.69) is 22.5 Å². The summed E-state index contributed by atoms with van der Waals surface area (Å²) < 4.78 is 7.20. The predicted molar refractivity (Wildman–Crippen MR) is 137 cm³/mol. The summed E-state index contributed by atoms with van der Waals surface area (Å²) in [6.45, 7) is -0.0806. The van der Waals surface area contributed by atoms with Crippen molar-refractivity contribution in [2.24, 2.45) is 0 Å². The van der Waals surface area contributed by atoms with Crippen LogP contribution >= 0.6 is 11.3 Å². The summed E-state index contributed by atoms with van der Waals surface area (Å²) in [6, 6.07) is 18.5. The fraction of sp³-hybridized carbons (Fsp3) is 0.143. The molecule has 0 radical (unpaired) electrons. The van der Waals surface area contributed by atoms with Crippen molar-refractivity contribution in [3.63, 3.8) is 0 Å². The van der Waals surface area contributed by atoms with Crippen molar-refractivity contribution in [2.45, 2.75) is 25.9 Å². The Balaban J connectivity index is 1.40. The van der Waals surface area contributed by atoms with Gasteiger partial charge >= 0.3 is 5.97 Å². The van der Waals surface area contributed by atoms with E-state index in [4.69, 9.17) is 9.72 Å². The smallest absolute Gasteiger partial charge is 0.339 e. The zero-order valence-corrected chi connectivity index (χ0v) is 19.6. The Morgan fingerprint density at radius 2 is 1.94 bits per heavy atom. The molecule has 4 aromatic heterocycles. The number of hydrogen-bond acceptors (Lipinski definition) is 6. The van der Waals surface area contributed by atoms with Gasteiger partial charge in [-0.25, -0.2) is 14.8 Å². The highest BCUT2D eigenvalue weighted by Crippen LogP contribution is 2.37. The Labute approximate surface area is 205 Å². The second-order valence-electron chi connectivity index (χ2n) is 8.46. The van der Waals surface area contributed by atoms with Gasteiger partial charge in [0.1, 0.15) is 12.3 Å². The van der Waals surface area contributed by atoms with Crippen molar-refractivity contribution in [2.75, 3.05) is 0 Å². The number of carbonyl (C=O) groups excluding carboxylic acids is 1. The number of pyridine rings is 2. The quantitative estimate of drug-likeness (QED) is 0.317. The number of hydrogen-bond donors (Lipinski definition) is 0. The Morgan fingerprint density at radius 1 is 1.06 bits per heavy atom. The van der Waals surface area contributed by atoms with Crippen LogP contribution in [0.5, 0.6) is 0 Å². The number of carbonyl (C=O) groups is 1. The number of fused-ring (bicyclic) bond motifs is 3. The molecule has 6 nitrogen and oxygen atoms in total. The maximum absolute atomic E-state index is 13.5. The summed E-state index contributed by atoms with van der Waals surface area (Å²) in [4.78, 5) is 36.5. The molecule has 1 aliphatic rings. The molecule has 4 heterocycles. The molecule has 0 aliphatic heterocycles. The van der Waals surface area contributed by atoms with E-state index in [0.29, 0.717) is 16.9 Å². The molecule has 0 fully saturated rings. The molecule has 0 spiro atoms. The average Bonchev–Trinajstić information content (AvgIpc) is 3.39. The minimum Gasteiger partial charge on any atom is -0.456 e. The lowest BCUT2D eigenvalue weighted by Gasteiger charge is -2.22. The van der Waals surface area contributed by atoms with E-state index >= 15 is 0 Å². The minimum atomic E-state index is -0.424. The molecule has 0 bridgehead atoms. The van der Waals surface area contributed by atoms with Crippen molar-refractivity contribution >= 4 is 45.5 Å². The van der Waals surface area contributed by atoms with Crippen LogP contribution < -0.4 is 5.56 Å². The first kappa shape index (κ1) is 21.4. The maximum atomic E-state index is 13.5. The van der Waals surface area contributed by atoms with E-state index in [1.54, 1.807) is 29.7 Å². The van der Waals surface area contributed by atoms with Crippen LogP contribution in [0.2, 0.25) is 0 Å². The summed E-state index contributed by atoms with van der Waals surface area (Å²) in [7, 11) is 0. The molecule has 35 heavy (non-hydrogen) atoms. The van der Waals surface area contributed by atoms with Gasteiger partial charge in [0.25, 0.3) is 5.56 Å². The van der Waals surface area contributed by atoms with E-state index < -0.39 is 5.97 Å². The van der Waals surface area contributed by atoms with Crippen molar-refractivity contribution in [3.05, 3.63) is 110 Å². The Hall–Kier alpha value is -4.10. The molecule has 0 amide bonds. The molecule has 7 heteroatoms. The topological polar surface area (TPSA) is 73.6 Å². The highest BCUT2D eigenvalue weighted by Gasteiger charge is 2.26. The average molecular weight is 480 g/mol. The molecule has 0 saturated carbocycles. The summed E-state index contributed by atoms with van der Waals surface area (Å²) in [5, 5.41) is 2.83. The maximum Gasteiger partial charge on any atom is 0.339 e. The number of esters is 1. The zero-order chi connectivity index (χ0) is 23.8. The van der Waals surface area contributed by atoms with Crippen molar-refractivity contribution < 1.29 is 9.53 Å². The monoisotopic (exact) mass is 479 g/mol. The normalized spacial score (nSPS) is 14.3. The van der Waals surface area contributed by atoms with Crippen molar-refractivity contribution in [1.29, 1.82) is 0 Å². The van der Waals surface area contributed by atoms with Gasteiger partial charge in [-0.2, -0.15) is 0 Å². The van der Waals surface area contributed by atoms with E-state index in [1.165, 1.54) is 15.3 Å². The lowest BCUT2D eigenvalue weighted by molar-refractivity contribution is 0.0468. The third kappa shape index (κ3) is 4.04. The molecule has 0 atom stereocenters. The first-order chi connectivity index (χ1) is 17.2. The van der Waals surface area contributed by atoms with Crippen LogP contribution in [0.4, 0.5) is 0 Å². The molecule has 5 aromatic rings. The number of thiophene rings is 1. The van der Waals surface area contributed by atoms with Crippen molar-refractivity contribution in [3.8, 4) is 0 Å². The van der Waals surface area contributed by atoms with E-state index in [9.17, 15) is 9.59 Å². The zero-order valence-electron chi connectivity index (χ0n) is 18.8. The fourth-order valence-electron chi connectivity index (χ4n) is 4.64. The van der Waals surface area contributed by atoms with Gasteiger partial charge in [0.05, 0.1) is 22.5 Å². The first-order valence-corrected chi connectivity index (χ1v) is 12.4. The van der Waals surface area contributed by atoms with Gasteiger partial charge in [0, 0.05) is 22.5 Å². The molecule has 0 N–H and O–H groups in total. The van der Waals surface area contributed by atoms with Gasteiger partial charge in [0.15, 0.2) is 0 Å². The van der Waals surface area contributed by atoms with Crippen LogP contribution in [0.15, 0.2) is 77.0 Å². The highest BCUT2D eigenvalue weighted by molar-refractivity contribution is 7.10. The number of nitrogens with zero attached hydrogens (tertiary/aromatic N) is 3. The van der Waals surface area contributed by atoms with Crippen LogP contribution in [0.3, 0.4) is 0 Å². The molecule has 1 aromatic carbocycles. The van der Waals surface area contributed by atoms with E-state index in [-0.39, 0.29) is 12.2 Å².